The van der Waals surface area contributed by atoms with Crippen molar-refractivity contribution in [3.05, 3.63) is 94.9 Å². The van der Waals surface area contributed by atoms with E-state index in [1.165, 1.54) is 31.4 Å². The third-order valence-electron chi connectivity index (χ3n) is 5.65. The van der Waals surface area contributed by atoms with Crippen molar-refractivity contribution in [1.82, 2.24) is 0 Å². The number of imide groups is 1. The molecule has 0 atom stereocenters. The van der Waals surface area contributed by atoms with Gasteiger partial charge in [-0.2, -0.15) is 0 Å². The second kappa shape index (κ2) is 8.90. The summed E-state index contributed by atoms with van der Waals surface area (Å²) in [6.07, 6.45) is 0. The second-order valence-electron chi connectivity index (χ2n) is 8.28. The number of carbonyl (C=O) groups excluding carboxylic acids is 2. The van der Waals surface area contributed by atoms with Gasteiger partial charge in [0.05, 0.1) is 24.1 Å². The Labute approximate surface area is 192 Å². The summed E-state index contributed by atoms with van der Waals surface area (Å²) in [5, 5.41) is 3.12. The maximum Gasteiger partial charge on any atom is 0.282 e. The Morgan fingerprint density at radius 3 is 2.18 bits per heavy atom. The van der Waals surface area contributed by atoms with Crippen LogP contribution in [-0.2, 0) is 9.59 Å². The highest BCUT2D eigenvalue weighted by molar-refractivity contribution is 6.46. The number of hydrogen-bond acceptors (Lipinski definition) is 4. The second-order valence-corrected chi connectivity index (χ2v) is 8.28. The predicted octanol–water partition coefficient (Wildman–Crippen LogP) is 5.66. The van der Waals surface area contributed by atoms with E-state index in [9.17, 15) is 14.0 Å². The summed E-state index contributed by atoms with van der Waals surface area (Å²) >= 11 is 0. The van der Waals surface area contributed by atoms with E-state index in [0.29, 0.717) is 28.6 Å². The topological polar surface area (TPSA) is 58.6 Å². The average molecular weight is 445 g/mol. The smallest absolute Gasteiger partial charge is 0.282 e. The van der Waals surface area contributed by atoms with Crippen LogP contribution < -0.4 is 15.0 Å². The van der Waals surface area contributed by atoms with Crippen molar-refractivity contribution in [2.45, 2.75) is 26.7 Å². The number of nitrogens with one attached hydrogen (secondary N) is 1. The van der Waals surface area contributed by atoms with Crippen LogP contribution in [0.2, 0.25) is 0 Å². The van der Waals surface area contributed by atoms with E-state index in [1.807, 2.05) is 31.2 Å². The Morgan fingerprint density at radius 2 is 1.58 bits per heavy atom. The van der Waals surface area contributed by atoms with Crippen LogP contribution in [-0.4, -0.2) is 18.9 Å². The summed E-state index contributed by atoms with van der Waals surface area (Å²) in [4.78, 5) is 28.2. The molecule has 0 fully saturated rings. The number of anilines is 2. The predicted molar refractivity (Wildman–Crippen MR) is 128 cm³/mol. The quantitative estimate of drug-likeness (QED) is 0.498. The standard InChI is InChI=1S/C27H25FN2O3/c1-16(2)18-8-12-21(13-9-18)30-26(31)24(19-6-10-20(28)11-7-19)25(27(30)32)29-22-15-17(3)5-14-23(22)33-4/h5-16,29H,1-4H3. The van der Waals surface area contributed by atoms with Gasteiger partial charge >= 0.3 is 0 Å². The molecule has 0 radical (unpaired) electrons. The molecule has 0 saturated heterocycles. The van der Waals surface area contributed by atoms with Crippen LogP contribution in [0.3, 0.4) is 0 Å². The molecule has 0 bridgehead atoms. The highest BCUT2D eigenvalue weighted by Crippen LogP contribution is 2.36. The fourth-order valence-electron chi connectivity index (χ4n) is 3.83. The van der Waals surface area contributed by atoms with Crippen molar-refractivity contribution < 1.29 is 18.7 Å². The molecule has 2 amide bonds. The Balaban J connectivity index is 1.82. The number of amides is 2. The highest BCUT2D eigenvalue weighted by Gasteiger charge is 2.40. The van der Waals surface area contributed by atoms with E-state index < -0.39 is 17.6 Å². The molecule has 0 aliphatic carbocycles. The number of rotatable bonds is 6. The first-order chi connectivity index (χ1) is 15.8. The van der Waals surface area contributed by atoms with Gasteiger partial charge in [0.15, 0.2) is 0 Å². The van der Waals surface area contributed by atoms with Crippen LogP contribution in [0.4, 0.5) is 15.8 Å². The maximum absolute atomic E-state index is 13.6. The molecule has 0 aromatic heterocycles. The number of carbonyl (C=O) groups is 2. The SMILES string of the molecule is COc1ccc(C)cc1NC1=C(c2ccc(F)cc2)C(=O)N(c2ccc(C(C)C)cc2)C1=O. The molecule has 0 unspecified atom stereocenters. The van der Waals surface area contributed by atoms with E-state index in [0.717, 1.165) is 16.0 Å². The van der Waals surface area contributed by atoms with Gasteiger partial charge in [-0.3, -0.25) is 9.59 Å². The molecule has 1 aliphatic rings. The number of ether oxygens (including phenoxy) is 1. The number of nitrogens with zero attached hydrogens (tertiary/aromatic N) is 1. The van der Waals surface area contributed by atoms with Crippen LogP contribution in [0, 0.1) is 12.7 Å². The molecule has 3 aromatic rings. The zero-order valence-corrected chi connectivity index (χ0v) is 19.0. The van der Waals surface area contributed by atoms with Gasteiger partial charge in [-0.15, -0.1) is 0 Å². The number of aryl methyl sites for hydroxylation is 1. The lowest BCUT2D eigenvalue weighted by Crippen LogP contribution is -2.32. The van der Waals surface area contributed by atoms with Crippen molar-refractivity contribution >= 4 is 28.8 Å². The first-order valence-electron chi connectivity index (χ1n) is 10.7. The molecule has 0 saturated carbocycles. The molecular formula is C27H25FN2O3. The van der Waals surface area contributed by atoms with Gasteiger partial charge in [-0.05, 0) is 65.9 Å². The lowest BCUT2D eigenvalue weighted by Gasteiger charge is -2.17. The van der Waals surface area contributed by atoms with E-state index in [2.05, 4.69) is 19.2 Å². The highest BCUT2D eigenvalue weighted by atomic mass is 19.1. The van der Waals surface area contributed by atoms with Crippen molar-refractivity contribution in [2.24, 2.45) is 0 Å². The van der Waals surface area contributed by atoms with Gasteiger partial charge in [-0.1, -0.05) is 44.2 Å². The average Bonchev–Trinajstić information content (AvgIpc) is 3.04. The van der Waals surface area contributed by atoms with Crippen molar-refractivity contribution in [3.8, 4) is 5.75 Å². The first kappa shape index (κ1) is 22.3. The van der Waals surface area contributed by atoms with Crippen LogP contribution in [0.15, 0.2) is 72.4 Å². The van der Waals surface area contributed by atoms with Gasteiger partial charge in [-0.25, -0.2) is 9.29 Å². The number of hydrogen-bond donors (Lipinski definition) is 1. The Bertz CT molecular complexity index is 1250. The normalized spacial score (nSPS) is 13.8. The lowest BCUT2D eigenvalue weighted by molar-refractivity contribution is -0.120. The van der Waals surface area contributed by atoms with Crippen LogP contribution in [0.25, 0.3) is 5.57 Å². The summed E-state index contributed by atoms with van der Waals surface area (Å²) < 4.78 is 19.0. The molecule has 1 N–H and O–H groups in total. The molecule has 0 spiro atoms. The molecule has 1 aliphatic heterocycles. The fraction of sp³-hybridized carbons (Fsp3) is 0.185. The number of methoxy groups -OCH3 is 1. The zero-order valence-electron chi connectivity index (χ0n) is 19.0. The maximum atomic E-state index is 13.6. The van der Waals surface area contributed by atoms with Gasteiger partial charge in [0.1, 0.15) is 17.3 Å². The Morgan fingerprint density at radius 1 is 0.909 bits per heavy atom. The summed E-state index contributed by atoms with van der Waals surface area (Å²) in [7, 11) is 1.54. The van der Waals surface area contributed by atoms with Gasteiger partial charge in [0, 0.05) is 0 Å². The molecule has 6 heteroatoms. The molecule has 1 heterocycles. The molecule has 33 heavy (non-hydrogen) atoms. The van der Waals surface area contributed by atoms with Crippen LogP contribution in [0.5, 0.6) is 5.75 Å². The Kier molecular flexibility index (Phi) is 6.01. The Hall–Kier alpha value is -3.93. The third kappa shape index (κ3) is 4.24. The largest absolute Gasteiger partial charge is 0.495 e. The van der Waals surface area contributed by atoms with E-state index >= 15 is 0 Å². The van der Waals surface area contributed by atoms with Crippen molar-refractivity contribution in [1.29, 1.82) is 0 Å². The number of benzene rings is 3. The van der Waals surface area contributed by atoms with Crippen molar-refractivity contribution in [2.75, 3.05) is 17.3 Å². The molecular weight excluding hydrogens is 419 g/mol. The van der Waals surface area contributed by atoms with E-state index in [4.69, 9.17) is 4.74 Å². The molecule has 5 nitrogen and oxygen atoms in total. The number of halogens is 1. The lowest BCUT2D eigenvalue weighted by atomic mass is 10.0. The third-order valence-corrected chi connectivity index (χ3v) is 5.65. The van der Waals surface area contributed by atoms with Crippen molar-refractivity contribution in [3.63, 3.8) is 0 Å². The summed E-state index contributed by atoms with van der Waals surface area (Å²) in [5.74, 6) is -0.528. The van der Waals surface area contributed by atoms with Gasteiger partial charge < -0.3 is 10.1 Å². The summed E-state index contributed by atoms with van der Waals surface area (Å²) in [6.45, 7) is 6.07. The van der Waals surface area contributed by atoms with Gasteiger partial charge in [0.2, 0.25) is 0 Å². The zero-order chi connectivity index (χ0) is 23.7. The molecule has 4 rings (SSSR count). The van der Waals surface area contributed by atoms with Crippen LogP contribution >= 0.6 is 0 Å². The van der Waals surface area contributed by atoms with Gasteiger partial charge in [0.25, 0.3) is 11.8 Å². The minimum atomic E-state index is -0.486. The fourth-order valence-corrected chi connectivity index (χ4v) is 3.83. The minimum Gasteiger partial charge on any atom is -0.495 e. The minimum absolute atomic E-state index is 0.114. The van der Waals surface area contributed by atoms with Crippen LogP contribution in [0.1, 0.15) is 36.5 Å². The first-order valence-corrected chi connectivity index (χ1v) is 10.7. The molecule has 3 aromatic carbocycles. The summed E-state index contributed by atoms with van der Waals surface area (Å²) in [6, 6.07) is 18.4. The van der Waals surface area contributed by atoms with E-state index in [-0.39, 0.29) is 11.3 Å². The molecule has 168 valence electrons. The van der Waals surface area contributed by atoms with E-state index in [1.54, 1.807) is 18.2 Å². The summed E-state index contributed by atoms with van der Waals surface area (Å²) in [5.41, 5.74) is 3.84. The monoisotopic (exact) mass is 444 g/mol.